The zero-order chi connectivity index (χ0) is 14.8. The molecule has 0 radical (unpaired) electrons. The predicted octanol–water partition coefficient (Wildman–Crippen LogP) is 2.01. The first kappa shape index (κ1) is 13.7. The van der Waals surface area contributed by atoms with Gasteiger partial charge < -0.3 is 14.5 Å². The molecule has 110 valence electrons. The van der Waals surface area contributed by atoms with E-state index in [4.69, 9.17) is 9.15 Å². The number of nitrogens with one attached hydrogen (secondary N) is 1. The lowest BCUT2D eigenvalue weighted by molar-refractivity contribution is -0.123. The van der Waals surface area contributed by atoms with Crippen LogP contribution >= 0.6 is 0 Å². The molecule has 1 heterocycles. The number of carbonyl (C=O) groups excluding carboxylic acids is 1. The van der Waals surface area contributed by atoms with Crippen molar-refractivity contribution in [1.82, 2.24) is 5.32 Å². The van der Waals surface area contributed by atoms with Gasteiger partial charge in [0.1, 0.15) is 11.3 Å². The summed E-state index contributed by atoms with van der Waals surface area (Å²) in [6.45, 7) is 1.96. The highest BCUT2D eigenvalue weighted by Gasteiger charge is 2.23. The molecule has 1 aromatic carbocycles. The molecular formula is C16H17NO4. The van der Waals surface area contributed by atoms with Crippen molar-refractivity contribution in [2.24, 2.45) is 0 Å². The molecule has 0 spiro atoms. The fourth-order valence-corrected chi connectivity index (χ4v) is 2.24. The van der Waals surface area contributed by atoms with Crippen LogP contribution in [0.3, 0.4) is 0 Å². The van der Waals surface area contributed by atoms with Gasteiger partial charge in [0, 0.05) is 23.6 Å². The number of fused-ring (bicyclic) bond motifs is 1. The van der Waals surface area contributed by atoms with Crippen LogP contribution in [0, 0.1) is 0 Å². The zero-order valence-electron chi connectivity index (χ0n) is 11.8. The molecule has 1 amide bonds. The molecule has 5 nitrogen and oxygen atoms in total. The molecule has 0 saturated heterocycles. The molecule has 0 bridgehead atoms. The number of carbonyl (C=O) groups is 1. The van der Waals surface area contributed by atoms with E-state index >= 15 is 0 Å². The Morgan fingerprint density at radius 2 is 2.19 bits per heavy atom. The van der Waals surface area contributed by atoms with E-state index in [9.17, 15) is 9.59 Å². The minimum absolute atomic E-state index is 0.0281. The summed E-state index contributed by atoms with van der Waals surface area (Å²) in [5.41, 5.74) is 1.06. The van der Waals surface area contributed by atoms with E-state index < -0.39 is 0 Å². The summed E-state index contributed by atoms with van der Waals surface area (Å²) < 4.78 is 10.6. The zero-order valence-corrected chi connectivity index (χ0v) is 11.8. The van der Waals surface area contributed by atoms with Gasteiger partial charge >= 0.3 is 5.63 Å². The van der Waals surface area contributed by atoms with Crippen molar-refractivity contribution >= 4 is 16.9 Å². The Hall–Kier alpha value is -2.30. The highest BCUT2D eigenvalue weighted by atomic mass is 16.5. The van der Waals surface area contributed by atoms with Gasteiger partial charge in [0.05, 0.1) is 0 Å². The lowest BCUT2D eigenvalue weighted by Gasteiger charge is -2.08. The second-order valence-electron chi connectivity index (χ2n) is 5.23. The van der Waals surface area contributed by atoms with Crippen LogP contribution in [0.2, 0.25) is 0 Å². The van der Waals surface area contributed by atoms with E-state index in [1.807, 2.05) is 13.0 Å². The van der Waals surface area contributed by atoms with E-state index in [1.165, 1.54) is 6.07 Å². The predicted molar refractivity (Wildman–Crippen MR) is 78.5 cm³/mol. The van der Waals surface area contributed by atoms with Crippen molar-refractivity contribution in [2.45, 2.75) is 32.2 Å². The smallest absolute Gasteiger partial charge is 0.336 e. The van der Waals surface area contributed by atoms with E-state index in [1.54, 1.807) is 12.1 Å². The SMILES string of the molecule is CCc1cc(=O)oc2cc(OCC(=O)NC3CC3)ccc12. The van der Waals surface area contributed by atoms with Gasteiger partial charge in [-0.25, -0.2) is 4.79 Å². The fraction of sp³-hybridized carbons (Fsp3) is 0.375. The number of hydrogen-bond acceptors (Lipinski definition) is 4. The first-order valence-electron chi connectivity index (χ1n) is 7.14. The van der Waals surface area contributed by atoms with Crippen LogP contribution in [0.4, 0.5) is 0 Å². The van der Waals surface area contributed by atoms with E-state index in [-0.39, 0.29) is 18.1 Å². The van der Waals surface area contributed by atoms with Crippen LogP contribution in [0.1, 0.15) is 25.3 Å². The number of benzene rings is 1. The first-order valence-corrected chi connectivity index (χ1v) is 7.14. The summed E-state index contributed by atoms with van der Waals surface area (Å²) in [5, 5.41) is 3.75. The highest BCUT2D eigenvalue weighted by Crippen LogP contribution is 2.23. The van der Waals surface area contributed by atoms with Crippen LogP contribution in [0.5, 0.6) is 5.75 Å². The monoisotopic (exact) mass is 287 g/mol. The summed E-state index contributed by atoms with van der Waals surface area (Å²) in [4.78, 5) is 23.1. The van der Waals surface area contributed by atoms with Gasteiger partial charge in [0.25, 0.3) is 5.91 Å². The quantitative estimate of drug-likeness (QED) is 0.854. The van der Waals surface area contributed by atoms with Crippen LogP contribution < -0.4 is 15.7 Å². The third-order valence-corrected chi connectivity index (χ3v) is 3.49. The average Bonchev–Trinajstić information content (AvgIpc) is 3.27. The van der Waals surface area contributed by atoms with Crippen molar-refractivity contribution in [3.63, 3.8) is 0 Å². The Morgan fingerprint density at radius 1 is 1.38 bits per heavy atom. The third kappa shape index (κ3) is 3.24. The van der Waals surface area contributed by atoms with Gasteiger partial charge in [-0.05, 0) is 37.0 Å². The second-order valence-corrected chi connectivity index (χ2v) is 5.23. The summed E-state index contributed by atoms with van der Waals surface area (Å²) >= 11 is 0. The van der Waals surface area contributed by atoms with Gasteiger partial charge in [0.15, 0.2) is 6.61 Å². The molecule has 0 atom stereocenters. The Balaban J connectivity index is 1.77. The average molecular weight is 287 g/mol. The number of aryl methyl sites for hydroxylation is 1. The number of ether oxygens (including phenoxy) is 1. The fourth-order valence-electron chi connectivity index (χ4n) is 2.24. The minimum Gasteiger partial charge on any atom is -0.484 e. The first-order chi connectivity index (χ1) is 10.2. The maximum atomic E-state index is 11.6. The number of rotatable bonds is 5. The molecule has 0 aliphatic heterocycles. The van der Waals surface area contributed by atoms with Crippen molar-refractivity contribution < 1.29 is 13.9 Å². The summed E-state index contributed by atoms with van der Waals surface area (Å²) in [7, 11) is 0. The summed E-state index contributed by atoms with van der Waals surface area (Å²) in [5.74, 6) is 0.395. The molecule has 1 fully saturated rings. The van der Waals surface area contributed by atoms with Gasteiger partial charge in [0.2, 0.25) is 0 Å². The minimum atomic E-state index is -0.372. The van der Waals surface area contributed by atoms with Gasteiger partial charge in [-0.1, -0.05) is 6.92 Å². The Labute approximate surface area is 121 Å². The van der Waals surface area contributed by atoms with Gasteiger partial charge in [-0.15, -0.1) is 0 Å². The van der Waals surface area contributed by atoms with Crippen LogP contribution in [0.25, 0.3) is 11.0 Å². The van der Waals surface area contributed by atoms with Gasteiger partial charge in [-0.3, -0.25) is 4.79 Å². The van der Waals surface area contributed by atoms with Crippen LogP contribution in [0.15, 0.2) is 33.5 Å². The lowest BCUT2D eigenvalue weighted by Crippen LogP contribution is -2.30. The Kier molecular flexibility index (Phi) is 3.64. The Morgan fingerprint density at radius 3 is 2.90 bits per heavy atom. The molecule has 3 rings (SSSR count). The maximum absolute atomic E-state index is 11.6. The summed E-state index contributed by atoms with van der Waals surface area (Å²) in [6, 6.07) is 7.12. The highest BCUT2D eigenvalue weighted by molar-refractivity contribution is 5.82. The topological polar surface area (TPSA) is 68.5 Å². The standard InChI is InChI=1S/C16H17NO4/c1-2-10-7-16(19)21-14-8-12(5-6-13(10)14)20-9-15(18)17-11-3-4-11/h5-8,11H,2-4,9H2,1H3,(H,17,18). The largest absolute Gasteiger partial charge is 0.484 e. The van der Waals surface area contributed by atoms with Crippen LogP contribution in [-0.2, 0) is 11.2 Å². The van der Waals surface area contributed by atoms with E-state index in [2.05, 4.69) is 5.32 Å². The third-order valence-electron chi connectivity index (χ3n) is 3.49. The molecule has 1 N–H and O–H groups in total. The summed E-state index contributed by atoms with van der Waals surface area (Å²) in [6.07, 6.45) is 2.85. The molecule has 0 unspecified atom stereocenters. The lowest BCUT2D eigenvalue weighted by atomic mass is 10.1. The van der Waals surface area contributed by atoms with Crippen molar-refractivity contribution in [2.75, 3.05) is 6.61 Å². The van der Waals surface area contributed by atoms with Gasteiger partial charge in [-0.2, -0.15) is 0 Å². The Bertz CT molecular complexity index is 731. The van der Waals surface area contributed by atoms with Crippen molar-refractivity contribution in [3.05, 3.63) is 40.2 Å². The van der Waals surface area contributed by atoms with E-state index in [0.29, 0.717) is 17.4 Å². The molecule has 1 saturated carbocycles. The number of hydrogen-bond donors (Lipinski definition) is 1. The second kappa shape index (κ2) is 5.60. The number of amides is 1. The molecule has 1 aromatic heterocycles. The molecule has 5 heteroatoms. The molecular weight excluding hydrogens is 270 g/mol. The molecule has 1 aliphatic carbocycles. The molecule has 1 aliphatic rings. The molecule has 2 aromatic rings. The maximum Gasteiger partial charge on any atom is 0.336 e. The van der Waals surface area contributed by atoms with Crippen LogP contribution in [-0.4, -0.2) is 18.6 Å². The van der Waals surface area contributed by atoms with E-state index in [0.717, 1.165) is 30.2 Å². The van der Waals surface area contributed by atoms with Crippen molar-refractivity contribution in [3.8, 4) is 5.75 Å². The normalized spacial score (nSPS) is 14.1. The van der Waals surface area contributed by atoms with Crippen molar-refractivity contribution in [1.29, 1.82) is 0 Å². The molecule has 21 heavy (non-hydrogen) atoms.